The van der Waals surface area contributed by atoms with Crippen LogP contribution in [0.2, 0.25) is 0 Å². The highest BCUT2D eigenvalue weighted by molar-refractivity contribution is 7.11. The lowest BCUT2D eigenvalue weighted by atomic mass is 10.2. The number of amides is 2. The van der Waals surface area contributed by atoms with Crippen molar-refractivity contribution in [3.05, 3.63) is 11.3 Å². The molecule has 0 aliphatic heterocycles. The van der Waals surface area contributed by atoms with Gasteiger partial charge in [0.2, 0.25) is 0 Å². The van der Waals surface area contributed by atoms with E-state index in [1.807, 2.05) is 0 Å². The topological polar surface area (TPSA) is 91.3 Å². The second-order valence-corrected chi connectivity index (χ2v) is 4.42. The summed E-state index contributed by atoms with van der Waals surface area (Å²) in [7, 11) is 0. The van der Waals surface area contributed by atoms with Crippen LogP contribution in [0.1, 0.15) is 28.9 Å². The van der Waals surface area contributed by atoms with Crippen LogP contribution in [0.4, 0.5) is 9.80 Å². The molecule has 16 heavy (non-hydrogen) atoms. The molecule has 0 bridgehead atoms. The summed E-state index contributed by atoms with van der Waals surface area (Å²) in [5.41, 5.74) is 0.482. The summed E-state index contributed by atoms with van der Waals surface area (Å²) in [5, 5.41) is 14.4. The minimum absolute atomic E-state index is 0.0657. The molecule has 0 unspecified atom stereocenters. The molecule has 1 aliphatic carbocycles. The molecule has 2 rings (SSSR count). The van der Waals surface area contributed by atoms with Gasteiger partial charge < -0.3 is 10.4 Å². The molecule has 1 aromatic heterocycles. The molecule has 0 saturated heterocycles. The molecule has 86 valence electrons. The number of anilines is 1. The summed E-state index contributed by atoms with van der Waals surface area (Å²) in [6.45, 7) is 1.60. The van der Waals surface area contributed by atoms with Gasteiger partial charge in [0.15, 0.2) is 0 Å². The Morgan fingerprint density at radius 3 is 2.75 bits per heavy atom. The summed E-state index contributed by atoms with van der Waals surface area (Å²) >= 11 is 0.978. The predicted octanol–water partition coefficient (Wildman–Crippen LogP) is 1.43. The van der Waals surface area contributed by atoms with Gasteiger partial charge in [-0.15, -0.1) is 0 Å². The highest BCUT2D eigenvalue weighted by Gasteiger charge is 2.25. The highest BCUT2D eigenvalue weighted by Crippen LogP contribution is 2.25. The number of aromatic nitrogens is 1. The quantitative estimate of drug-likeness (QED) is 0.746. The summed E-state index contributed by atoms with van der Waals surface area (Å²) in [5.74, 6) is -1.08. The lowest BCUT2D eigenvalue weighted by Crippen LogP contribution is -2.30. The van der Waals surface area contributed by atoms with Crippen LogP contribution in [-0.4, -0.2) is 27.5 Å². The van der Waals surface area contributed by atoms with Gasteiger partial charge in [0.05, 0.1) is 5.69 Å². The van der Waals surface area contributed by atoms with E-state index in [-0.39, 0.29) is 22.6 Å². The number of carboxylic acids is 1. The van der Waals surface area contributed by atoms with Crippen molar-refractivity contribution in [3.63, 3.8) is 0 Å². The fourth-order valence-corrected chi connectivity index (χ4v) is 2.04. The van der Waals surface area contributed by atoms with Crippen LogP contribution in [-0.2, 0) is 0 Å². The zero-order valence-electron chi connectivity index (χ0n) is 8.61. The van der Waals surface area contributed by atoms with E-state index < -0.39 is 5.97 Å². The Kier molecular flexibility index (Phi) is 2.78. The van der Waals surface area contributed by atoms with Gasteiger partial charge in [0, 0.05) is 6.04 Å². The van der Waals surface area contributed by atoms with Crippen molar-refractivity contribution < 1.29 is 14.7 Å². The molecule has 0 atom stereocenters. The fraction of sp³-hybridized carbons (Fsp3) is 0.444. The van der Waals surface area contributed by atoms with Crippen molar-refractivity contribution in [1.82, 2.24) is 9.69 Å². The van der Waals surface area contributed by atoms with Gasteiger partial charge in [-0.05, 0) is 31.3 Å². The SMILES string of the molecule is Cc1nsc(NC(=O)NC2CC2)c1C(=O)O. The van der Waals surface area contributed by atoms with Crippen molar-refractivity contribution in [2.24, 2.45) is 0 Å². The van der Waals surface area contributed by atoms with Crippen molar-refractivity contribution in [3.8, 4) is 0 Å². The zero-order valence-corrected chi connectivity index (χ0v) is 9.43. The first kappa shape index (κ1) is 10.9. The van der Waals surface area contributed by atoms with Crippen molar-refractivity contribution in [2.45, 2.75) is 25.8 Å². The Morgan fingerprint density at radius 1 is 1.50 bits per heavy atom. The lowest BCUT2D eigenvalue weighted by Gasteiger charge is -2.04. The molecule has 3 N–H and O–H groups in total. The van der Waals surface area contributed by atoms with Gasteiger partial charge in [-0.3, -0.25) is 5.32 Å². The minimum atomic E-state index is -1.08. The first-order valence-corrected chi connectivity index (χ1v) is 5.62. The molecule has 0 radical (unpaired) electrons. The Balaban J connectivity index is 2.07. The van der Waals surface area contributed by atoms with Crippen LogP contribution in [0.5, 0.6) is 0 Å². The summed E-state index contributed by atoms with van der Waals surface area (Å²) in [4.78, 5) is 22.3. The molecule has 6 nitrogen and oxygen atoms in total. The van der Waals surface area contributed by atoms with Gasteiger partial charge in [0.25, 0.3) is 0 Å². The smallest absolute Gasteiger partial charge is 0.340 e. The second-order valence-electron chi connectivity index (χ2n) is 3.65. The standard InChI is InChI=1S/C9H11N3O3S/c1-4-6(8(13)14)7(16-12-4)11-9(15)10-5-2-3-5/h5H,2-3H2,1H3,(H,13,14)(H2,10,11,15). The molecule has 1 heterocycles. The monoisotopic (exact) mass is 241 g/mol. The average molecular weight is 241 g/mol. The van der Waals surface area contributed by atoms with E-state index in [9.17, 15) is 9.59 Å². The first-order chi connectivity index (χ1) is 7.58. The Bertz CT molecular complexity index is 439. The number of carboxylic acid groups (broad SMARTS) is 1. The number of aryl methyl sites for hydroxylation is 1. The molecule has 1 aromatic rings. The van der Waals surface area contributed by atoms with E-state index >= 15 is 0 Å². The van der Waals surface area contributed by atoms with E-state index in [0.29, 0.717) is 5.69 Å². The molecule has 2 amide bonds. The van der Waals surface area contributed by atoms with Crippen LogP contribution < -0.4 is 10.6 Å². The Labute approximate surface area is 95.8 Å². The molecule has 0 spiro atoms. The lowest BCUT2D eigenvalue weighted by molar-refractivity contribution is 0.0697. The third kappa shape index (κ3) is 2.30. The molecule has 1 aliphatic rings. The van der Waals surface area contributed by atoms with Crippen LogP contribution >= 0.6 is 11.5 Å². The van der Waals surface area contributed by atoms with Crippen molar-refractivity contribution in [2.75, 3.05) is 5.32 Å². The van der Waals surface area contributed by atoms with E-state index in [4.69, 9.17) is 5.11 Å². The number of nitrogens with one attached hydrogen (secondary N) is 2. The average Bonchev–Trinajstić information content (AvgIpc) is 2.90. The van der Waals surface area contributed by atoms with Crippen LogP contribution in [0.15, 0.2) is 0 Å². The van der Waals surface area contributed by atoms with Gasteiger partial charge in [-0.1, -0.05) is 0 Å². The normalized spacial score (nSPS) is 14.6. The number of carbonyl (C=O) groups is 2. The van der Waals surface area contributed by atoms with E-state index in [1.54, 1.807) is 6.92 Å². The van der Waals surface area contributed by atoms with E-state index in [1.165, 1.54) is 0 Å². The number of rotatable bonds is 3. The van der Waals surface area contributed by atoms with Crippen LogP contribution in [0.3, 0.4) is 0 Å². The third-order valence-electron chi connectivity index (χ3n) is 2.22. The predicted molar refractivity (Wildman–Crippen MR) is 59.0 cm³/mol. The van der Waals surface area contributed by atoms with E-state index in [2.05, 4.69) is 15.0 Å². The maximum atomic E-state index is 11.4. The number of hydrogen-bond donors (Lipinski definition) is 3. The maximum Gasteiger partial charge on any atom is 0.340 e. The second kappa shape index (κ2) is 4.09. The van der Waals surface area contributed by atoms with Gasteiger partial charge >= 0.3 is 12.0 Å². The van der Waals surface area contributed by atoms with Crippen LogP contribution in [0, 0.1) is 6.92 Å². The largest absolute Gasteiger partial charge is 0.478 e. The molecule has 1 saturated carbocycles. The van der Waals surface area contributed by atoms with Crippen molar-refractivity contribution in [1.29, 1.82) is 0 Å². The molecule has 0 aromatic carbocycles. The molecular formula is C9H11N3O3S. The molecule has 7 heteroatoms. The van der Waals surface area contributed by atoms with Crippen LogP contribution in [0.25, 0.3) is 0 Å². The number of hydrogen-bond acceptors (Lipinski definition) is 4. The first-order valence-electron chi connectivity index (χ1n) is 4.85. The minimum Gasteiger partial charge on any atom is -0.478 e. The maximum absolute atomic E-state index is 11.4. The van der Waals surface area contributed by atoms with Gasteiger partial charge in [0.1, 0.15) is 10.6 Å². The number of nitrogens with zero attached hydrogens (tertiary/aromatic N) is 1. The Morgan fingerprint density at radius 2 is 2.19 bits per heavy atom. The van der Waals surface area contributed by atoms with Crippen molar-refractivity contribution >= 4 is 28.5 Å². The molecular weight excluding hydrogens is 230 g/mol. The van der Waals surface area contributed by atoms with E-state index in [0.717, 1.165) is 24.4 Å². The fourth-order valence-electron chi connectivity index (χ4n) is 1.26. The summed E-state index contributed by atoms with van der Waals surface area (Å²) in [6, 6.07) is -0.129. The Hall–Kier alpha value is -1.63. The number of aromatic carboxylic acids is 1. The highest BCUT2D eigenvalue weighted by atomic mass is 32.1. The summed E-state index contributed by atoms with van der Waals surface area (Å²) < 4.78 is 3.90. The molecule has 1 fully saturated rings. The van der Waals surface area contributed by atoms with Gasteiger partial charge in [-0.2, -0.15) is 4.37 Å². The number of urea groups is 1. The van der Waals surface area contributed by atoms with Gasteiger partial charge in [-0.25, -0.2) is 9.59 Å². The number of carbonyl (C=O) groups excluding carboxylic acids is 1. The summed E-state index contributed by atoms with van der Waals surface area (Å²) in [6.07, 6.45) is 1.97. The zero-order chi connectivity index (χ0) is 11.7. The third-order valence-corrected chi connectivity index (χ3v) is 3.07.